The van der Waals surface area contributed by atoms with Gasteiger partial charge < -0.3 is 5.32 Å². The first-order valence-corrected chi connectivity index (χ1v) is 6.58. The van der Waals surface area contributed by atoms with Crippen LogP contribution in [0.25, 0.3) is 0 Å². The Morgan fingerprint density at radius 2 is 2.00 bits per heavy atom. The summed E-state index contributed by atoms with van der Waals surface area (Å²) in [6.07, 6.45) is 1.96. The van der Waals surface area contributed by atoms with E-state index in [-0.39, 0.29) is 22.6 Å². The SMILES string of the molecule is CCCNC(C)C(CC)c1ccccc1[N+](=O)[O-]. The number of nitro benzene ring substituents is 1. The molecule has 1 N–H and O–H groups in total. The van der Waals surface area contributed by atoms with E-state index >= 15 is 0 Å². The summed E-state index contributed by atoms with van der Waals surface area (Å²) in [5, 5.41) is 14.5. The third-order valence-electron chi connectivity index (χ3n) is 3.29. The molecule has 2 atom stereocenters. The molecule has 0 fully saturated rings. The molecule has 0 heterocycles. The molecule has 0 bridgehead atoms. The Morgan fingerprint density at radius 3 is 2.56 bits per heavy atom. The number of nitrogens with one attached hydrogen (secondary N) is 1. The first-order valence-electron chi connectivity index (χ1n) is 6.58. The van der Waals surface area contributed by atoms with Crippen LogP contribution in [0.3, 0.4) is 0 Å². The highest BCUT2D eigenvalue weighted by Gasteiger charge is 2.24. The standard InChI is InChI=1S/C14H22N2O2/c1-4-10-15-11(3)12(5-2)13-8-6-7-9-14(13)16(17)18/h6-9,11-12,15H,4-5,10H2,1-3H3. The lowest BCUT2D eigenvalue weighted by atomic mass is 9.89. The summed E-state index contributed by atoms with van der Waals surface area (Å²) in [5.74, 6) is 0.179. The van der Waals surface area contributed by atoms with Gasteiger partial charge in [0, 0.05) is 23.6 Å². The van der Waals surface area contributed by atoms with E-state index in [4.69, 9.17) is 0 Å². The van der Waals surface area contributed by atoms with Gasteiger partial charge in [-0.3, -0.25) is 10.1 Å². The van der Waals surface area contributed by atoms with Crippen LogP contribution in [-0.2, 0) is 0 Å². The van der Waals surface area contributed by atoms with Crippen molar-refractivity contribution in [2.24, 2.45) is 0 Å². The molecule has 0 saturated carbocycles. The van der Waals surface area contributed by atoms with Crippen molar-refractivity contribution in [3.8, 4) is 0 Å². The van der Waals surface area contributed by atoms with E-state index in [0.29, 0.717) is 0 Å². The molecule has 0 radical (unpaired) electrons. The van der Waals surface area contributed by atoms with E-state index in [2.05, 4.69) is 26.1 Å². The van der Waals surface area contributed by atoms with Crippen LogP contribution in [0.1, 0.15) is 45.1 Å². The quantitative estimate of drug-likeness (QED) is 0.595. The fourth-order valence-corrected chi connectivity index (χ4v) is 2.32. The summed E-state index contributed by atoms with van der Waals surface area (Å²) < 4.78 is 0. The van der Waals surface area contributed by atoms with Gasteiger partial charge in [-0.15, -0.1) is 0 Å². The van der Waals surface area contributed by atoms with Gasteiger partial charge in [0.1, 0.15) is 0 Å². The summed E-state index contributed by atoms with van der Waals surface area (Å²) in [7, 11) is 0. The van der Waals surface area contributed by atoms with Gasteiger partial charge in [0.05, 0.1) is 4.92 Å². The van der Waals surface area contributed by atoms with Crippen molar-refractivity contribution in [2.75, 3.05) is 6.54 Å². The van der Waals surface area contributed by atoms with E-state index in [0.717, 1.165) is 24.9 Å². The summed E-state index contributed by atoms with van der Waals surface area (Å²) in [5.41, 5.74) is 1.07. The number of benzene rings is 1. The second kappa shape index (κ2) is 7.11. The summed E-state index contributed by atoms with van der Waals surface area (Å²) in [4.78, 5) is 10.8. The first kappa shape index (κ1) is 14.6. The van der Waals surface area contributed by atoms with Crippen molar-refractivity contribution < 1.29 is 4.92 Å². The number of hydrogen-bond acceptors (Lipinski definition) is 3. The molecule has 0 amide bonds. The summed E-state index contributed by atoms with van der Waals surface area (Å²) in [6.45, 7) is 7.23. The molecular weight excluding hydrogens is 228 g/mol. The third kappa shape index (κ3) is 3.53. The maximum Gasteiger partial charge on any atom is 0.272 e. The van der Waals surface area contributed by atoms with Crippen LogP contribution < -0.4 is 5.32 Å². The van der Waals surface area contributed by atoms with Gasteiger partial charge in [-0.05, 0) is 26.3 Å². The van der Waals surface area contributed by atoms with Crippen molar-refractivity contribution in [1.82, 2.24) is 5.32 Å². The molecule has 100 valence electrons. The van der Waals surface area contributed by atoms with Gasteiger partial charge in [-0.1, -0.05) is 32.0 Å². The predicted octanol–water partition coefficient (Wildman–Crippen LogP) is 3.48. The maximum absolute atomic E-state index is 11.1. The highest BCUT2D eigenvalue weighted by molar-refractivity contribution is 5.42. The minimum Gasteiger partial charge on any atom is -0.314 e. The maximum atomic E-state index is 11.1. The van der Waals surface area contributed by atoms with E-state index < -0.39 is 0 Å². The highest BCUT2D eigenvalue weighted by atomic mass is 16.6. The molecule has 0 aromatic heterocycles. The van der Waals surface area contributed by atoms with Crippen molar-refractivity contribution in [1.29, 1.82) is 0 Å². The molecule has 1 rings (SSSR count). The second-order valence-electron chi connectivity index (χ2n) is 4.57. The zero-order valence-corrected chi connectivity index (χ0v) is 11.3. The zero-order valence-electron chi connectivity index (χ0n) is 11.3. The molecular formula is C14H22N2O2. The summed E-state index contributed by atoms with van der Waals surface area (Å²) in [6, 6.07) is 7.30. The van der Waals surface area contributed by atoms with Crippen molar-refractivity contribution in [3.63, 3.8) is 0 Å². The molecule has 0 spiro atoms. The molecule has 4 heteroatoms. The monoisotopic (exact) mass is 250 g/mol. The predicted molar refractivity (Wildman–Crippen MR) is 73.9 cm³/mol. The Labute approximate surface area is 109 Å². The van der Waals surface area contributed by atoms with Crippen LogP contribution in [0, 0.1) is 10.1 Å². The van der Waals surface area contributed by atoms with Crippen LogP contribution in [0.15, 0.2) is 24.3 Å². The third-order valence-corrected chi connectivity index (χ3v) is 3.29. The average Bonchev–Trinajstić information content (AvgIpc) is 2.37. The van der Waals surface area contributed by atoms with Gasteiger partial charge in [0.15, 0.2) is 0 Å². The Kier molecular flexibility index (Phi) is 5.78. The van der Waals surface area contributed by atoms with E-state index in [1.54, 1.807) is 12.1 Å². The minimum atomic E-state index is -0.287. The topological polar surface area (TPSA) is 55.2 Å². The van der Waals surface area contributed by atoms with Gasteiger partial charge in [-0.2, -0.15) is 0 Å². The highest BCUT2D eigenvalue weighted by Crippen LogP contribution is 2.31. The number of nitrogens with zero attached hydrogens (tertiary/aromatic N) is 1. The van der Waals surface area contributed by atoms with E-state index in [1.807, 2.05) is 12.1 Å². The molecule has 0 saturated heterocycles. The molecule has 2 unspecified atom stereocenters. The van der Waals surface area contributed by atoms with E-state index in [1.165, 1.54) is 0 Å². The smallest absolute Gasteiger partial charge is 0.272 e. The molecule has 0 aliphatic heterocycles. The molecule has 0 aliphatic rings. The lowest BCUT2D eigenvalue weighted by Crippen LogP contribution is -2.32. The van der Waals surface area contributed by atoms with Crippen LogP contribution in [0.4, 0.5) is 5.69 Å². The second-order valence-corrected chi connectivity index (χ2v) is 4.57. The Balaban J connectivity index is 2.97. The molecule has 4 nitrogen and oxygen atoms in total. The Hall–Kier alpha value is -1.42. The first-order chi connectivity index (χ1) is 8.61. The van der Waals surface area contributed by atoms with Crippen molar-refractivity contribution in [3.05, 3.63) is 39.9 Å². The average molecular weight is 250 g/mol. The van der Waals surface area contributed by atoms with Crippen molar-refractivity contribution >= 4 is 5.69 Å². The molecule has 18 heavy (non-hydrogen) atoms. The van der Waals surface area contributed by atoms with E-state index in [9.17, 15) is 10.1 Å². The molecule has 0 aliphatic carbocycles. The zero-order chi connectivity index (χ0) is 13.5. The van der Waals surface area contributed by atoms with Crippen molar-refractivity contribution in [2.45, 2.75) is 45.6 Å². The summed E-state index contributed by atoms with van der Waals surface area (Å²) >= 11 is 0. The Bertz CT molecular complexity index is 393. The largest absolute Gasteiger partial charge is 0.314 e. The number of para-hydroxylation sites is 1. The number of nitro groups is 1. The lowest BCUT2D eigenvalue weighted by Gasteiger charge is -2.24. The van der Waals surface area contributed by atoms with Gasteiger partial charge in [0.2, 0.25) is 0 Å². The minimum absolute atomic E-state index is 0.179. The van der Waals surface area contributed by atoms with Gasteiger partial charge >= 0.3 is 0 Å². The van der Waals surface area contributed by atoms with Crippen LogP contribution in [0.5, 0.6) is 0 Å². The number of hydrogen-bond donors (Lipinski definition) is 1. The molecule has 1 aromatic rings. The Morgan fingerprint density at radius 1 is 1.33 bits per heavy atom. The van der Waals surface area contributed by atoms with Crippen LogP contribution in [-0.4, -0.2) is 17.5 Å². The molecule has 1 aromatic carbocycles. The van der Waals surface area contributed by atoms with Crippen LogP contribution >= 0.6 is 0 Å². The lowest BCUT2D eigenvalue weighted by molar-refractivity contribution is -0.385. The fourth-order valence-electron chi connectivity index (χ4n) is 2.32. The normalized spacial score (nSPS) is 14.2. The number of rotatable bonds is 7. The van der Waals surface area contributed by atoms with Crippen LogP contribution in [0.2, 0.25) is 0 Å². The fraction of sp³-hybridized carbons (Fsp3) is 0.571. The van der Waals surface area contributed by atoms with Gasteiger partial charge in [0.25, 0.3) is 5.69 Å². The van der Waals surface area contributed by atoms with Gasteiger partial charge in [-0.25, -0.2) is 0 Å².